The number of benzene rings is 2. The van der Waals surface area contributed by atoms with Crippen LogP contribution in [0.1, 0.15) is 36.1 Å². The molecule has 2 aromatic rings. The molecule has 0 saturated carbocycles. The Bertz CT molecular complexity index is 980. The van der Waals surface area contributed by atoms with E-state index in [1.807, 2.05) is 12.1 Å². The molecule has 8 nitrogen and oxygen atoms in total. The van der Waals surface area contributed by atoms with E-state index in [0.29, 0.717) is 12.1 Å². The fourth-order valence-corrected chi connectivity index (χ4v) is 3.60. The Kier molecular flexibility index (Phi) is 11.2. The van der Waals surface area contributed by atoms with Gasteiger partial charge in [-0.15, -0.1) is 0 Å². The Morgan fingerprint density at radius 2 is 1.03 bits per heavy atom. The highest BCUT2D eigenvalue weighted by molar-refractivity contribution is 5.73. The Hall–Kier alpha value is -3.52. The minimum Gasteiger partial charge on any atom is -0.493 e. The van der Waals surface area contributed by atoms with Crippen LogP contribution < -0.4 is 20.1 Å². The molecule has 2 aliphatic rings. The van der Waals surface area contributed by atoms with Gasteiger partial charge in [0.15, 0.2) is 0 Å². The highest BCUT2D eigenvalue weighted by Gasteiger charge is 2.38. The number of para-hydroxylation sites is 2. The van der Waals surface area contributed by atoms with E-state index in [1.165, 1.54) is 11.1 Å². The predicted octanol–water partition coefficient (Wildman–Crippen LogP) is 4.48. The lowest BCUT2D eigenvalue weighted by Gasteiger charge is -2.28. The van der Waals surface area contributed by atoms with Gasteiger partial charge in [-0.05, 0) is 12.1 Å². The summed E-state index contributed by atoms with van der Waals surface area (Å²) in [5, 5.41) is 21.6. The highest BCUT2D eigenvalue weighted by atomic mass is 19.4. The summed E-state index contributed by atoms with van der Waals surface area (Å²) in [6, 6.07) is 17.4. The average molecular weight is 552 g/mol. The van der Waals surface area contributed by atoms with Crippen LogP contribution >= 0.6 is 0 Å². The summed E-state index contributed by atoms with van der Waals surface area (Å²) < 4.78 is 74.9. The van der Waals surface area contributed by atoms with Gasteiger partial charge in [0.2, 0.25) is 0 Å². The Labute approximate surface area is 213 Å². The van der Waals surface area contributed by atoms with Gasteiger partial charge in [-0.3, -0.25) is 0 Å². The van der Waals surface area contributed by atoms with E-state index in [4.69, 9.17) is 29.3 Å². The largest absolute Gasteiger partial charge is 0.493 e. The minimum atomic E-state index is -5.08. The molecule has 0 spiro atoms. The number of ether oxygens (including phenoxy) is 2. The van der Waals surface area contributed by atoms with Crippen molar-refractivity contribution in [3.63, 3.8) is 0 Å². The molecule has 4 rings (SSSR count). The van der Waals surface area contributed by atoms with Crippen molar-refractivity contribution in [3.8, 4) is 11.5 Å². The van der Waals surface area contributed by atoms with Crippen LogP contribution in [0.5, 0.6) is 11.5 Å². The number of halogens is 6. The summed E-state index contributed by atoms with van der Waals surface area (Å²) in [7, 11) is 0. The molecule has 38 heavy (non-hydrogen) atoms. The molecule has 14 heteroatoms. The van der Waals surface area contributed by atoms with E-state index in [0.717, 1.165) is 50.6 Å². The van der Waals surface area contributed by atoms with E-state index in [9.17, 15) is 26.3 Å². The smallest absolute Gasteiger partial charge is 0.490 e. The van der Waals surface area contributed by atoms with Crippen LogP contribution in [0.15, 0.2) is 48.5 Å². The van der Waals surface area contributed by atoms with E-state index in [2.05, 4.69) is 47.0 Å². The van der Waals surface area contributed by atoms with Gasteiger partial charge in [0.05, 0.1) is 13.2 Å². The second kappa shape index (κ2) is 13.9. The highest BCUT2D eigenvalue weighted by Crippen LogP contribution is 2.32. The third-order valence-electron chi connectivity index (χ3n) is 5.31. The number of rotatable bonds is 5. The molecule has 0 radical (unpaired) electrons. The van der Waals surface area contributed by atoms with Gasteiger partial charge in [-0.25, -0.2) is 9.59 Å². The van der Waals surface area contributed by atoms with Crippen LogP contribution in [0, 0.1) is 0 Å². The first-order valence-corrected chi connectivity index (χ1v) is 11.3. The van der Waals surface area contributed by atoms with Crippen LogP contribution in [-0.4, -0.2) is 60.8 Å². The van der Waals surface area contributed by atoms with Gasteiger partial charge >= 0.3 is 24.3 Å². The molecule has 0 amide bonds. The van der Waals surface area contributed by atoms with Crippen molar-refractivity contribution < 1.29 is 55.6 Å². The number of fused-ring (bicyclic) bond motifs is 2. The van der Waals surface area contributed by atoms with E-state index >= 15 is 0 Å². The Morgan fingerprint density at radius 3 is 1.34 bits per heavy atom. The second-order valence-corrected chi connectivity index (χ2v) is 7.97. The van der Waals surface area contributed by atoms with Crippen LogP contribution in [-0.2, 0) is 9.59 Å². The first-order valence-electron chi connectivity index (χ1n) is 11.3. The molecule has 2 aromatic carbocycles. The standard InChI is InChI=1S/C20H24N2O2.2C2HF3O2/c1-3-7-19-15(5-1)17(9-13-23-19)21-11-12-22-18-10-14-24-20-8-4-2-6-16(18)20;2*3-2(4,5)1(6)7/h1-8,17-18,21-22H,9-14H2;2*(H,6,7). The summed E-state index contributed by atoms with van der Waals surface area (Å²) in [5.74, 6) is -3.47. The molecule has 2 aliphatic heterocycles. The Balaban J connectivity index is 0.000000301. The number of aliphatic carboxylic acids is 2. The number of nitrogens with one attached hydrogen (secondary N) is 2. The third kappa shape index (κ3) is 9.74. The van der Waals surface area contributed by atoms with Crippen LogP contribution in [0.4, 0.5) is 26.3 Å². The molecule has 4 N–H and O–H groups in total. The molecule has 0 saturated heterocycles. The van der Waals surface area contributed by atoms with Crippen molar-refractivity contribution in [2.75, 3.05) is 26.3 Å². The maximum Gasteiger partial charge on any atom is 0.490 e. The van der Waals surface area contributed by atoms with Gasteiger partial charge in [0.1, 0.15) is 11.5 Å². The van der Waals surface area contributed by atoms with E-state index in [-0.39, 0.29) is 0 Å². The first-order chi connectivity index (χ1) is 17.8. The van der Waals surface area contributed by atoms with Crippen LogP contribution in [0.3, 0.4) is 0 Å². The molecular weight excluding hydrogens is 526 g/mol. The summed E-state index contributed by atoms with van der Waals surface area (Å²) in [4.78, 5) is 17.8. The van der Waals surface area contributed by atoms with Crippen molar-refractivity contribution in [2.24, 2.45) is 0 Å². The van der Waals surface area contributed by atoms with Crippen LogP contribution in [0.2, 0.25) is 0 Å². The number of carbonyl (C=O) groups is 2. The predicted molar refractivity (Wildman–Crippen MR) is 122 cm³/mol. The third-order valence-corrected chi connectivity index (χ3v) is 5.31. The summed E-state index contributed by atoms with van der Waals surface area (Å²) in [6.45, 7) is 3.46. The molecular formula is C24H26F6N2O6. The topological polar surface area (TPSA) is 117 Å². The lowest BCUT2D eigenvalue weighted by atomic mass is 10.00. The number of carboxylic acid groups (broad SMARTS) is 2. The summed E-state index contributed by atoms with van der Waals surface area (Å²) in [6.07, 6.45) is -8.12. The first kappa shape index (κ1) is 30.7. The second-order valence-electron chi connectivity index (χ2n) is 7.97. The molecule has 2 atom stereocenters. The molecule has 210 valence electrons. The van der Waals surface area contributed by atoms with Crippen molar-refractivity contribution in [2.45, 2.75) is 37.3 Å². The summed E-state index contributed by atoms with van der Waals surface area (Å²) >= 11 is 0. The van der Waals surface area contributed by atoms with Crippen molar-refractivity contribution >= 4 is 11.9 Å². The SMILES string of the molecule is O=C(O)C(F)(F)F.O=C(O)C(F)(F)F.c1ccc2c(c1)OCCC2NCCNC1CCOc2ccccc21. The van der Waals surface area contributed by atoms with Gasteiger partial charge in [0.25, 0.3) is 0 Å². The quantitative estimate of drug-likeness (QED) is 0.317. The molecule has 0 aromatic heterocycles. The number of hydrogen-bond acceptors (Lipinski definition) is 6. The number of hydrogen-bond donors (Lipinski definition) is 4. The van der Waals surface area contributed by atoms with Crippen molar-refractivity contribution in [1.29, 1.82) is 0 Å². The van der Waals surface area contributed by atoms with Crippen LogP contribution in [0.25, 0.3) is 0 Å². The molecule has 0 aliphatic carbocycles. The minimum absolute atomic E-state index is 0.388. The lowest BCUT2D eigenvalue weighted by Crippen LogP contribution is -2.35. The number of carboxylic acids is 2. The normalized spacial score (nSPS) is 18.1. The van der Waals surface area contributed by atoms with Gasteiger partial charge in [0, 0.05) is 49.1 Å². The summed E-state index contributed by atoms with van der Waals surface area (Å²) in [5.41, 5.74) is 2.56. The Morgan fingerprint density at radius 1 is 0.711 bits per heavy atom. The maximum absolute atomic E-state index is 10.6. The van der Waals surface area contributed by atoms with Crippen molar-refractivity contribution in [1.82, 2.24) is 10.6 Å². The molecule has 2 unspecified atom stereocenters. The lowest BCUT2D eigenvalue weighted by molar-refractivity contribution is -0.193. The van der Waals surface area contributed by atoms with E-state index in [1.54, 1.807) is 0 Å². The molecule has 2 heterocycles. The van der Waals surface area contributed by atoms with E-state index < -0.39 is 24.3 Å². The fourth-order valence-electron chi connectivity index (χ4n) is 3.60. The number of alkyl halides is 6. The zero-order valence-corrected chi connectivity index (χ0v) is 19.8. The van der Waals surface area contributed by atoms with Crippen molar-refractivity contribution in [3.05, 3.63) is 59.7 Å². The van der Waals surface area contributed by atoms with Gasteiger partial charge < -0.3 is 30.3 Å². The van der Waals surface area contributed by atoms with Gasteiger partial charge in [-0.1, -0.05) is 36.4 Å². The fraction of sp³-hybridized carbons (Fsp3) is 0.417. The van der Waals surface area contributed by atoms with Gasteiger partial charge in [-0.2, -0.15) is 26.3 Å². The monoisotopic (exact) mass is 552 g/mol. The zero-order valence-electron chi connectivity index (χ0n) is 19.8. The zero-order chi connectivity index (χ0) is 28.3. The molecule has 0 fully saturated rings. The average Bonchev–Trinajstić information content (AvgIpc) is 2.86. The molecule has 0 bridgehead atoms. The maximum atomic E-state index is 10.6.